The number of benzene rings is 4. The largest absolute Gasteiger partial charge is 0.399 e. The van der Waals surface area contributed by atoms with Crippen LogP contribution in [0.4, 0.5) is 45.5 Å². The van der Waals surface area contributed by atoms with Crippen LogP contribution in [0.25, 0.3) is 0 Å². The van der Waals surface area contributed by atoms with Gasteiger partial charge in [-0.25, -0.2) is 0 Å². The van der Waals surface area contributed by atoms with Crippen molar-refractivity contribution in [3.63, 3.8) is 0 Å². The van der Waals surface area contributed by atoms with Gasteiger partial charge in [0.15, 0.2) is 0 Å². The minimum atomic E-state index is -0.154. The molecule has 4 fully saturated rings. The molecule has 4 aliphatic rings. The highest BCUT2D eigenvalue weighted by Crippen LogP contribution is 2.35. The summed E-state index contributed by atoms with van der Waals surface area (Å²) in [6.07, 6.45) is 7.17. The molecule has 20 nitrogen and oxygen atoms in total. The molecule has 86 heavy (non-hydrogen) atoms. The Morgan fingerprint density at radius 3 is 0.988 bits per heavy atom. The van der Waals surface area contributed by atoms with Crippen LogP contribution in [0.5, 0.6) is 0 Å². The summed E-state index contributed by atoms with van der Waals surface area (Å²) < 4.78 is 0. The van der Waals surface area contributed by atoms with Crippen molar-refractivity contribution < 1.29 is 19.2 Å². The minimum Gasteiger partial charge on any atom is -0.399 e. The van der Waals surface area contributed by atoms with Gasteiger partial charge in [-0.3, -0.25) is 19.2 Å². The second-order valence-corrected chi connectivity index (χ2v) is 30.2. The van der Waals surface area contributed by atoms with E-state index in [0.29, 0.717) is 67.8 Å². The quantitative estimate of drug-likeness (QED) is 0.0738. The number of carbonyl (C=O) groups excluding carboxylic acids is 4. The molecule has 4 saturated heterocycles. The monoisotopic (exact) mass is 1190 g/mol. The van der Waals surface area contributed by atoms with Gasteiger partial charge in [0.25, 0.3) is 23.6 Å². The first-order chi connectivity index (χ1) is 39.1. The van der Waals surface area contributed by atoms with Gasteiger partial charge < -0.3 is 87.6 Å². The molecule has 0 radical (unpaired) electrons. The molecular formula is C66H108N16O4. The van der Waals surface area contributed by atoms with Gasteiger partial charge in [0.1, 0.15) is 0 Å². The van der Waals surface area contributed by atoms with E-state index in [9.17, 15) is 19.2 Å². The third kappa shape index (κ3) is 20.6. The van der Waals surface area contributed by atoms with E-state index in [2.05, 4.69) is 143 Å². The first-order valence-corrected chi connectivity index (χ1v) is 30.1. The highest BCUT2D eigenvalue weighted by Gasteiger charge is 2.43. The standard InChI is InChI=1S/2C17H28N4O.2C16H26N4O/c1-16(2)9-14(10-17(3,4)20-16)21(5)15(22)11-6-12(18)8-13(19)7-11;1-16(2)9-12(10-17(3,4)20-16)21(5)15(22)13-8-11(18)6-7-14(13)19;1-15(2)8-13(9-16(3,4)20-15)19-14(21)10-5-11(17)7-12(18)6-10;1-15(2)8-11(9-16(3,4)20-15)19-14(21)12-7-10(17)5-6-13(12)18/h6-8,14,20H,9-10,18-19H2,1-5H3;6-8,12,20H,9-10,18-19H2,1-5H3;5-7,13,20H,8-9,17-18H2,1-4H3,(H,19,21);5-7,11,20H,8-9,17-18H2,1-4H3,(H,19,21). The number of carbonyl (C=O) groups is 4. The molecule has 0 bridgehead atoms. The molecule has 4 heterocycles. The first-order valence-electron chi connectivity index (χ1n) is 30.1. The number of nitrogens with one attached hydrogen (secondary N) is 6. The Kier molecular flexibility index (Phi) is 21.2. The van der Waals surface area contributed by atoms with E-state index >= 15 is 0 Å². The number of anilines is 8. The van der Waals surface area contributed by atoms with Crippen molar-refractivity contribution in [2.24, 2.45) is 0 Å². The maximum Gasteiger partial charge on any atom is 0.256 e. The number of nitrogens with two attached hydrogens (primary N) is 8. The number of hydrogen-bond donors (Lipinski definition) is 14. The molecule has 0 aliphatic carbocycles. The number of nitrogen functional groups attached to an aromatic ring is 8. The molecule has 20 heteroatoms. The van der Waals surface area contributed by atoms with Gasteiger partial charge in [-0.05, 0) is 235 Å². The molecule has 476 valence electrons. The predicted octanol–water partition coefficient (Wildman–Crippen LogP) is 8.24. The van der Waals surface area contributed by atoms with Crippen LogP contribution in [0.1, 0.15) is 204 Å². The number of nitrogens with zero attached hydrogens (tertiary/aromatic N) is 2. The Morgan fingerprint density at radius 2 is 0.640 bits per heavy atom. The third-order valence-electron chi connectivity index (χ3n) is 16.2. The molecule has 0 atom stereocenters. The van der Waals surface area contributed by atoms with E-state index in [0.717, 1.165) is 51.4 Å². The van der Waals surface area contributed by atoms with Crippen LogP contribution in [0, 0.1) is 0 Å². The summed E-state index contributed by atoms with van der Waals surface area (Å²) in [4.78, 5) is 54.1. The lowest BCUT2D eigenvalue weighted by Crippen LogP contribution is -2.62. The van der Waals surface area contributed by atoms with Crippen molar-refractivity contribution in [1.82, 2.24) is 41.7 Å². The van der Waals surface area contributed by atoms with Crippen LogP contribution in [0.2, 0.25) is 0 Å². The van der Waals surface area contributed by atoms with Crippen LogP contribution in [-0.2, 0) is 0 Å². The Balaban J connectivity index is 0.000000209. The lowest BCUT2D eigenvalue weighted by Gasteiger charge is -2.49. The summed E-state index contributed by atoms with van der Waals surface area (Å²) in [5, 5.41) is 20.7. The Labute approximate surface area is 513 Å². The molecule has 8 rings (SSSR count). The van der Waals surface area contributed by atoms with Crippen molar-refractivity contribution in [1.29, 1.82) is 0 Å². The Bertz CT molecular complexity index is 2970. The summed E-state index contributed by atoms with van der Waals surface area (Å²) in [5.74, 6) is -0.369. The van der Waals surface area contributed by atoms with Crippen molar-refractivity contribution in [3.05, 3.63) is 95.1 Å². The first kappa shape index (κ1) is 69.8. The Hall–Kier alpha value is -7.00. The average molecular weight is 1190 g/mol. The maximum absolute atomic E-state index is 12.8. The third-order valence-corrected chi connectivity index (χ3v) is 16.2. The Morgan fingerprint density at radius 1 is 0.360 bits per heavy atom. The van der Waals surface area contributed by atoms with Crippen LogP contribution in [0.15, 0.2) is 72.8 Å². The fourth-order valence-corrected chi connectivity index (χ4v) is 14.3. The smallest absolute Gasteiger partial charge is 0.256 e. The number of amides is 4. The topological polar surface area (TPSA) is 355 Å². The van der Waals surface area contributed by atoms with Crippen molar-refractivity contribution in [3.8, 4) is 0 Å². The summed E-state index contributed by atoms with van der Waals surface area (Å²) in [6.45, 7) is 34.7. The molecule has 0 saturated carbocycles. The predicted molar refractivity (Wildman–Crippen MR) is 357 cm³/mol. The van der Waals surface area contributed by atoms with Gasteiger partial charge in [0, 0.05) is 139 Å². The molecular weight excluding hydrogens is 1080 g/mol. The van der Waals surface area contributed by atoms with Gasteiger partial charge in [0.2, 0.25) is 0 Å². The number of hydrogen-bond acceptors (Lipinski definition) is 16. The summed E-state index contributed by atoms with van der Waals surface area (Å²) in [7, 11) is 3.72. The molecule has 0 unspecified atom stereocenters. The van der Waals surface area contributed by atoms with Crippen molar-refractivity contribution in [2.75, 3.05) is 60.0 Å². The minimum absolute atomic E-state index is 0.00427. The van der Waals surface area contributed by atoms with E-state index in [-0.39, 0.29) is 92.1 Å². The van der Waals surface area contributed by atoms with Gasteiger partial charge >= 0.3 is 0 Å². The fourth-order valence-electron chi connectivity index (χ4n) is 14.3. The van der Waals surface area contributed by atoms with Crippen LogP contribution >= 0.6 is 0 Å². The van der Waals surface area contributed by atoms with Crippen LogP contribution in [0.3, 0.4) is 0 Å². The zero-order valence-electron chi connectivity index (χ0n) is 55.0. The van der Waals surface area contributed by atoms with Gasteiger partial charge in [-0.15, -0.1) is 0 Å². The van der Waals surface area contributed by atoms with Crippen LogP contribution < -0.4 is 77.8 Å². The highest BCUT2D eigenvalue weighted by molar-refractivity contribution is 6.01. The highest BCUT2D eigenvalue weighted by atomic mass is 16.2. The lowest BCUT2D eigenvalue weighted by atomic mass is 9.79. The molecule has 4 aliphatic heterocycles. The molecule has 4 aromatic rings. The van der Waals surface area contributed by atoms with Crippen molar-refractivity contribution in [2.45, 2.75) is 231 Å². The molecule has 4 aromatic carbocycles. The second-order valence-electron chi connectivity index (χ2n) is 30.2. The van der Waals surface area contributed by atoms with Gasteiger partial charge in [-0.2, -0.15) is 0 Å². The molecule has 0 aromatic heterocycles. The zero-order chi connectivity index (χ0) is 65.1. The average Bonchev–Trinajstić information content (AvgIpc) is 1.03. The molecule has 4 amide bonds. The number of rotatable bonds is 8. The lowest BCUT2D eigenvalue weighted by molar-refractivity contribution is 0.0518. The summed E-state index contributed by atoms with van der Waals surface area (Å²) in [6, 6.07) is 20.6. The second kappa shape index (κ2) is 26.1. The van der Waals surface area contributed by atoms with E-state index < -0.39 is 0 Å². The SMILES string of the molecule is CC1(C)CC(NC(=O)c2cc(N)cc(N)c2)CC(C)(C)N1.CC1(C)CC(NC(=O)c2cc(N)ccc2N)CC(C)(C)N1.CN(C(=O)c1cc(N)cc(N)c1)C1CC(C)(C)NC(C)(C)C1.CN(C(=O)c1cc(N)ccc1N)C1CC(C)(C)NC(C)(C)C1. The normalized spacial score (nSPS) is 20.8. The van der Waals surface area contributed by atoms with E-state index in [1.54, 1.807) is 72.8 Å². The number of piperidine rings is 4. The van der Waals surface area contributed by atoms with E-state index in [1.807, 2.05) is 23.9 Å². The fraction of sp³-hybridized carbons (Fsp3) is 0.576. The van der Waals surface area contributed by atoms with Crippen molar-refractivity contribution >= 4 is 69.1 Å². The maximum atomic E-state index is 12.8. The van der Waals surface area contributed by atoms with Gasteiger partial charge in [0.05, 0.1) is 11.1 Å². The molecule has 0 spiro atoms. The van der Waals surface area contributed by atoms with Crippen LogP contribution in [-0.4, -0.2) is 116 Å². The molecule has 22 N–H and O–H groups in total. The van der Waals surface area contributed by atoms with Gasteiger partial charge in [-0.1, -0.05) is 0 Å². The van der Waals surface area contributed by atoms with E-state index in [4.69, 9.17) is 45.9 Å². The zero-order valence-corrected chi connectivity index (χ0v) is 55.0. The van der Waals surface area contributed by atoms with E-state index in [1.165, 1.54) is 0 Å². The summed E-state index contributed by atoms with van der Waals surface area (Å²) in [5.41, 5.74) is 52.4. The summed E-state index contributed by atoms with van der Waals surface area (Å²) >= 11 is 0.